The highest BCUT2D eigenvalue weighted by atomic mass is 16.4. The normalized spacial score (nSPS) is 13.9. The van der Waals surface area contributed by atoms with Crippen molar-refractivity contribution in [2.45, 2.75) is 399 Å². The van der Waals surface area contributed by atoms with Gasteiger partial charge in [-0.3, -0.25) is 20.0 Å². The molecule has 0 bridgehead atoms. The summed E-state index contributed by atoms with van der Waals surface area (Å²) >= 11 is 0. The first-order valence-electron chi connectivity index (χ1n) is 49.3. The van der Waals surface area contributed by atoms with E-state index in [1.165, 1.54) is 24.9 Å². The molecule has 3 aliphatic heterocycles. The van der Waals surface area contributed by atoms with Gasteiger partial charge in [0.15, 0.2) is 11.8 Å². The second kappa shape index (κ2) is 55.2. The van der Waals surface area contributed by atoms with Crippen molar-refractivity contribution in [1.29, 1.82) is 0 Å². The lowest BCUT2D eigenvalue weighted by atomic mass is 9.88. The lowest BCUT2D eigenvalue weighted by molar-refractivity contribution is 0.341. The maximum Gasteiger partial charge on any atom is 0.317 e. The van der Waals surface area contributed by atoms with Crippen molar-refractivity contribution in [3.05, 3.63) is 138 Å². The third-order valence-electron chi connectivity index (χ3n) is 18.0. The van der Waals surface area contributed by atoms with E-state index in [0.717, 1.165) is 172 Å². The van der Waals surface area contributed by atoms with Gasteiger partial charge in [0, 0.05) is 128 Å². The first kappa shape index (κ1) is 124. The van der Waals surface area contributed by atoms with Crippen LogP contribution in [0.3, 0.4) is 0 Å². The van der Waals surface area contributed by atoms with Gasteiger partial charge in [-0.1, -0.05) is 286 Å². The number of aryl methyl sites for hydroxylation is 3. The number of amidine groups is 2. The highest BCUT2D eigenvalue weighted by molar-refractivity contribution is 6.42. The van der Waals surface area contributed by atoms with E-state index in [4.69, 9.17) is 39.8 Å². The van der Waals surface area contributed by atoms with Crippen molar-refractivity contribution in [3.63, 3.8) is 0 Å². The summed E-state index contributed by atoms with van der Waals surface area (Å²) in [7, 11) is 3.77. The van der Waals surface area contributed by atoms with E-state index in [1.807, 2.05) is 85.3 Å². The van der Waals surface area contributed by atoms with Gasteiger partial charge in [0.25, 0.3) is 0 Å². The van der Waals surface area contributed by atoms with Gasteiger partial charge < -0.3 is 44.7 Å². The average molecular weight is 1950 g/mol. The van der Waals surface area contributed by atoms with Crippen LogP contribution in [0.15, 0.2) is 125 Å². The third-order valence-corrected chi connectivity index (χ3v) is 18.0. The van der Waals surface area contributed by atoms with Crippen molar-refractivity contribution < 1.29 is 39.8 Å². The maximum atomic E-state index is 5.62. The minimum absolute atomic E-state index is 0.167. The van der Waals surface area contributed by atoms with Gasteiger partial charge >= 0.3 is 6.01 Å². The van der Waals surface area contributed by atoms with Crippen LogP contribution in [0.4, 0.5) is 6.01 Å². The largest absolute Gasteiger partial charge is 0.449 e. The predicted octanol–water partition coefficient (Wildman–Crippen LogP) is 27.3. The highest BCUT2D eigenvalue weighted by Crippen LogP contribution is 2.40. The van der Waals surface area contributed by atoms with Crippen LogP contribution >= 0.6 is 0 Å². The Morgan fingerprint density at radius 3 is 1.16 bits per heavy atom. The Morgan fingerprint density at radius 2 is 0.793 bits per heavy atom. The minimum atomic E-state index is 0.167. The zero-order chi connectivity index (χ0) is 106. The number of aliphatic imine (C=N–C) groups is 6. The molecule has 782 valence electrons. The fourth-order valence-corrected chi connectivity index (χ4v) is 12.0. The van der Waals surface area contributed by atoms with Crippen LogP contribution in [-0.4, -0.2) is 150 Å². The van der Waals surface area contributed by atoms with Gasteiger partial charge in [0.05, 0.1) is 36.4 Å². The second-order valence-electron chi connectivity index (χ2n) is 51.3. The molecule has 1 aromatic carbocycles. The molecule has 1 saturated carbocycles. The van der Waals surface area contributed by atoms with Crippen LogP contribution in [0.1, 0.15) is 403 Å². The van der Waals surface area contributed by atoms with E-state index >= 15 is 0 Å². The Labute approximate surface area is 839 Å². The van der Waals surface area contributed by atoms with Crippen LogP contribution in [-0.2, 0) is 57.8 Å². The van der Waals surface area contributed by atoms with Gasteiger partial charge in [-0.2, -0.15) is 0 Å². The summed E-state index contributed by atoms with van der Waals surface area (Å²) in [6.45, 7) is 94.0. The number of rotatable bonds is 16. The topological polar surface area (TPSA) is 402 Å². The highest BCUT2D eigenvalue weighted by Gasteiger charge is 2.31. The molecule has 14 rings (SSSR count). The Bertz CT molecular complexity index is 4980. The Morgan fingerprint density at radius 1 is 0.371 bits per heavy atom. The van der Waals surface area contributed by atoms with Gasteiger partial charge in [0.2, 0.25) is 77.1 Å². The van der Waals surface area contributed by atoms with E-state index in [2.05, 4.69) is 361 Å². The van der Waals surface area contributed by atoms with Crippen LogP contribution in [0.2, 0.25) is 0 Å². The van der Waals surface area contributed by atoms with Gasteiger partial charge in [-0.05, 0) is 117 Å². The summed E-state index contributed by atoms with van der Waals surface area (Å²) in [6.07, 6.45) is 21.3. The molecule has 0 unspecified atom stereocenters. The molecule has 0 atom stereocenters. The monoisotopic (exact) mass is 1940 g/mol. The van der Waals surface area contributed by atoms with Gasteiger partial charge in [0.1, 0.15) is 30.9 Å². The molecule has 10 aromatic rings. The lowest BCUT2D eigenvalue weighted by Gasteiger charge is -2.17. The Kier molecular flexibility index (Phi) is 48.7. The summed E-state index contributed by atoms with van der Waals surface area (Å²) < 4.78 is 47.9. The summed E-state index contributed by atoms with van der Waals surface area (Å²) in [5, 5.41) is 54.8. The van der Waals surface area contributed by atoms with E-state index in [-0.39, 0.29) is 48.7 Å². The molecule has 0 radical (unpaired) electrons. The Hall–Kier alpha value is -10.6. The standard InChI is InChI=1S/C13H16N2O.C10H16N2O.C10H18N2O.C9H17N3O.2C9H16N2.C9H15NO.2C8H14N2O.C8H14N2.C8H13NO.C7H12N2O/c1-13(2,3)9-11-14-15-12(16-11)10-7-5-4-6-8-10;1-10(2,3)6-8-11-12-9(13-8)7-4-5-7;1-7(2)9-12-11-8(13-9)6-10(3,4)5;1-9(2,3)6-7-10-11-8(13-7)12(4)5;1-7-8(11-6-10-7)5-9(2,3)4;1-7-6-10-8(11-7)5-9(2,3)4;1-7-6-11-8(10-7)5-9(2,3)4;2*1-6-9-10-7(11-6)5-8(2,3)4;2*1-8(2,3)6-7-9-4-5-10-7;1-7(2,3)4-6-9-8-5-10-6/h4-8H,9H2,1-3H3;7H,4-6H2,1-3H3;7H,6H2,1-5H3;6H2,1-5H3;2*5-6H2,1-4H3;6H,5H2,1-4H3;2*5H2,1-4H3;4H,5-6H2,1-3H3;4-5H,6H2,1-3H3;5H,4H2,1-3H3. The summed E-state index contributed by atoms with van der Waals surface area (Å²) in [4.78, 5) is 35.6. The molecule has 0 spiro atoms. The SMILES string of the molecule is CC(C)(C)CC1=NCC=N1.CC(C)(C)Cc1ncco1.CC(C)(C)Cc1nnc(-c2ccccc2)o1.CC(C)(C)Cc1nnc(C2CC2)o1.CC(C)(C)Cc1nnco1.CC(C)c1nnc(CC(C)(C)C)o1.CC1=NC(CC(C)(C)C)=NC1.CC1=NCN=C1CC(C)(C)C.CN(C)c1nnc(CC(C)(C)C)o1.Cc1coc(CC(C)(C)C)n1.Cc1nnc(CC(C)(C)C)o1.Cc1nnc(CC(C)(C)C)o1. The molecule has 4 aliphatic rings. The molecule has 32 nitrogen and oxygen atoms in total. The van der Waals surface area contributed by atoms with Crippen molar-refractivity contribution in [3.8, 4) is 11.5 Å². The van der Waals surface area contributed by atoms with Gasteiger partial charge in [-0.25, -0.2) is 20.0 Å². The molecule has 9 aromatic heterocycles. The minimum Gasteiger partial charge on any atom is -0.449 e. The van der Waals surface area contributed by atoms with Crippen molar-refractivity contribution in [2.24, 2.45) is 94.9 Å². The molecule has 0 amide bonds. The number of oxazole rings is 2. The lowest BCUT2D eigenvalue weighted by Crippen LogP contribution is -2.16. The second-order valence-corrected chi connectivity index (χ2v) is 51.3. The number of nitrogens with zero attached hydrogens (tertiary/aromatic N) is 23. The molecule has 1 aliphatic carbocycles. The van der Waals surface area contributed by atoms with E-state index in [1.54, 1.807) is 37.5 Å². The number of aromatic nitrogens is 16. The number of anilines is 1. The molecule has 0 N–H and O–H groups in total. The Balaban J connectivity index is 0.000000394. The summed E-state index contributed by atoms with van der Waals surface area (Å²) in [6, 6.07) is 10.4. The molecular weight excluding hydrogens is 1760 g/mol. The number of hydrogen-bond donors (Lipinski definition) is 0. The van der Waals surface area contributed by atoms with Crippen molar-refractivity contribution in [2.75, 3.05) is 38.8 Å². The van der Waals surface area contributed by atoms with Crippen LogP contribution < -0.4 is 4.90 Å². The fourth-order valence-electron chi connectivity index (χ4n) is 12.0. The summed E-state index contributed by atoms with van der Waals surface area (Å²) in [5.41, 5.74) is 8.35. The molecule has 32 heteroatoms. The third kappa shape index (κ3) is 63.3. The van der Waals surface area contributed by atoms with Crippen molar-refractivity contribution >= 4 is 41.0 Å². The average Bonchev–Trinajstić information content (AvgIpc) is 1.69. The number of hydrogen-bond acceptors (Lipinski definition) is 32. The van der Waals surface area contributed by atoms with Gasteiger partial charge in [-0.15, -0.1) is 66.3 Å². The molecule has 12 heterocycles. The maximum absolute atomic E-state index is 5.62. The van der Waals surface area contributed by atoms with E-state index in [9.17, 15) is 0 Å². The fraction of sp³-hybridized carbons (Fsp3) is 0.704. The predicted molar refractivity (Wildman–Crippen MR) is 565 cm³/mol. The summed E-state index contributed by atoms with van der Waals surface area (Å²) in [5.74, 6) is 13.2. The molecule has 1 fully saturated rings. The number of benzene rings is 1. The first-order chi connectivity index (χ1) is 64.0. The zero-order valence-electron chi connectivity index (χ0n) is 94.9. The van der Waals surface area contributed by atoms with Crippen LogP contribution in [0.25, 0.3) is 11.5 Å². The van der Waals surface area contributed by atoms with Crippen LogP contribution in [0.5, 0.6) is 0 Å². The molecule has 0 saturated heterocycles. The quantitative estimate of drug-likeness (QED) is 0.0867. The van der Waals surface area contributed by atoms with E-state index < -0.39 is 0 Å². The van der Waals surface area contributed by atoms with Crippen molar-refractivity contribution in [1.82, 2.24) is 81.3 Å². The van der Waals surface area contributed by atoms with E-state index in [0.29, 0.717) is 76.1 Å². The molecular formula is C108H181N23O9. The first-order valence-corrected chi connectivity index (χ1v) is 49.3. The molecule has 140 heavy (non-hydrogen) atoms. The zero-order valence-corrected chi connectivity index (χ0v) is 94.9. The smallest absolute Gasteiger partial charge is 0.317 e. The van der Waals surface area contributed by atoms with Crippen LogP contribution in [0, 0.1) is 85.8 Å².